The van der Waals surface area contributed by atoms with Crippen molar-refractivity contribution < 1.29 is 13.2 Å². The van der Waals surface area contributed by atoms with Crippen LogP contribution >= 0.6 is 0 Å². The number of nitrogens with zero attached hydrogens (tertiary/aromatic N) is 2. The molecule has 0 amide bonds. The zero-order valence-corrected chi connectivity index (χ0v) is 19.1. The lowest BCUT2D eigenvalue weighted by atomic mass is 10.1. The van der Waals surface area contributed by atoms with Gasteiger partial charge in [-0.15, -0.1) is 0 Å². The lowest BCUT2D eigenvalue weighted by Gasteiger charge is -2.26. The van der Waals surface area contributed by atoms with Crippen LogP contribution in [0.4, 0.5) is 0 Å². The molecule has 2 fully saturated rings. The Morgan fingerprint density at radius 2 is 1.93 bits per heavy atom. The quantitative estimate of drug-likeness (QED) is 0.480. The van der Waals surface area contributed by atoms with E-state index in [2.05, 4.69) is 40.7 Å². The summed E-state index contributed by atoms with van der Waals surface area (Å²) in [5.74, 6) is 2.25. The van der Waals surface area contributed by atoms with Gasteiger partial charge in [0.1, 0.15) is 5.75 Å². The van der Waals surface area contributed by atoms with E-state index in [4.69, 9.17) is 9.73 Å². The van der Waals surface area contributed by atoms with Crippen molar-refractivity contribution in [2.75, 3.05) is 44.2 Å². The molecule has 0 bridgehead atoms. The Bertz CT molecular complexity index is 806. The molecule has 8 heteroatoms. The molecule has 1 aliphatic carbocycles. The third-order valence-electron chi connectivity index (χ3n) is 5.73. The van der Waals surface area contributed by atoms with Crippen LogP contribution < -0.4 is 15.4 Å². The fraction of sp³-hybridized carbons (Fsp3) is 0.682. The maximum atomic E-state index is 11.6. The van der Waals surface area contributed by atoms with Gasteiger partial charge in [-0.3, -0.25) is 4.90 Å². The molecule has 1 aromatic rings. The predicted octanol–water partition coefficient (Wildman–Crippen LogP) is 2.10. The van der Waals surface area contributed by atoms with E-state index in [-0.39, 0.29) is 11.5 Å². The third kappa shape index (κ3) is 7.16. The number of sulfone groups is 1. The van der Waals surface area contributed by atoms with Crippen LogP contribution in [0.3, 0.4) is 0 Å². The summed E-state index contributed by atoms with van der Waals surface area (Å²) in [6, 6.07) is 6.34. The van der Waals surface area contributed by atoms with Crippen molar-refractivity contribution >= 4 is 15.8 Å². The molecular weight excluding hydrogens is 400 g/mol. The molecule has 0 unspecified atom stereocenters. The molecule has 0 radical (unpaired) electrons. The Morgan fingerprint density at radius 1 is 1.20 bits per heavy atom. The summed E-state index contributed by atoms with van der Waals surface area (Å²) < 4.78 is 29.4. The molecule has 7 nitrogen and oxygen atoms in total. The van der Waals surface area contributed by atoms with Gasteiger partial charge in [0.2, 0.25) is 0 Å². The lowest BCUT2D eigenvalue weighted by molar-refractivity contribution is 0.208. The second-order valence-electron chi connectivity index (χ2n) is 8.25. The number of hydrogen-bond acceptors (Lipinski definition) is 5. The SMILES string of the molecule is CCNC(=NCc1ccc(C)cc1OC1CCCC1)NCCN1CCS(=O)(=O)CC1. The van der Waals surface area contributed by atoms with Crippen molar-refractivity contribution in [2.24, 2.45) is 4.99 Å². The summed E-state index contributed by atoms with van der Waals surface area (Å²) in [5, 5.41) is 6.66. The Labute approximate surface area is 181 Å². The fourth-order valence-electron chi connectivity index (χ4n) is 3.90. The van der Waals surface area contributed by atoms with Crippen LogP contribution in [0.2, 0.25) is 0 Å². The highest BCUT2D eigenvalue weighted by molar-refractivity contribution is 7.91. The molecular formula is C22H36N4O3S. The third-order valence-corrected chi connectivity index (χ3v) is 7.34. The molecule has 2 N–H and O–H groups in total. The maximum absolute atomic E-state index is 11.6. The zero-order chi connectivity index (χ0) is 21.4. The molecule has 2 aliphatic rings. The summed E-state index contributed by atoms with van der Waals surface area (Å²) in [4.78, 5) is 6.94. The van der Waals surface area contributed by atoms with Crippen molar-refractivity contribution in [2.45, 2.75) is 52.2 Å². The van der Waals surface area contributed by atoms with Gasteiger partial charge in [0.05, 0.1) is 24.2 Å². The van der Waals surface area contributed by atoms with E-state index < -0.39 is 9.84 Å². The highest BCUT2D eigenvalue weighted by Crippen LogP contribution is 2.28. The van der Waals surface area contributed by atoms with E-state index in [0.717, 1.165) is 49.7 Å². The topological polar surface area (TPSA) is 83.0 Å². The van der Waals surface area contributed by atoms with Gasteiger partial charge >= 0.3 is 0 Å². The summed E-state index contributed by atoms with van der Waals surface area (Å²) in [5.41, 5.74) is 2.30. The van der Waals surface area contributed by atoms with Crippen molar-refractivity contribution in [1.29, 1.82) is 0 Å². The zero-order valence-electron chi connectivity index (χ0n) is 18.3. The predicted molar refractivity (Wildman–Crippen MR) is 122 cm³/mol. The second-order valence-corrected chi connectivity index (χ2v) is 10.6. The van der Waals surface area contributed by atoms with Gasteiger partial charge in [-0.05, 0) is 51.2 Å². The largest absolute Gasteiger partial charge is 0.490 e. The summed E-state index contributed by atoms with van der Waals surface area (Å²) in [6.07, 6.45) is 5.11. The smallest absolute Gasteiger partial charge is 0.191 e. The van der Waals surface area contributed by atoms with Gasteiger partial charge in [-0.1, -0.05) is 12.1 Å². The van der Waals surface area contributed by atoms with Gasteiger partial charge in [-0.2, -0.15) is 0 Å². The average Bonchev–Trinajstić information content (AvgIpc) is 3.21. The average molecular weight is 437 g/mol. The summed E-state index contributed by atoms with van der Waals surface area (Å²) >= 11 is 0. The first kappa shape index (κ1) is 22.9. The van der Waals surface area contributed by atoms with Gasteiger partial charge in [0, 0.05) is 38.3 Å². The van der Waals surface area contributed by atoms with Crippen molar-refractivity contribution in [3.63, 3.8) is 0 Å². The van der Waals surface area contributed by atoms with Crippen molar-refractivity contribution in [3.8, 4) is 5.75 Å². The van der Waals surface area contributed by atoms with Crippen molar-refractivity contribution in [3.05, 3.63) is 29.3 Å². The normalized spacial score (nSPS) is 20.3. The molecule has 1 aromatic carbocycles. The van der Waals surface area contributed by atoms with E-state index in [9.17, 15) is 8.42 Å². The summed E-state index contributed by atoms with van der Waals surface area (Å²) in [7, 11) is -2.83. The first-order valence-corrected chi connectivity index (χ1v) is 13.0. The van der Waals surface area contributed by atoms with Crippen LogP contribution in [0, 0.1) is 6.92 Å². The van der Waals surface area contributed by atoms with Crippen LogP contribution in [0.25, 0.3) is 0 Å². The molecule has 1 aliphatic heterocycles. The van der Waals surface area contributed by atoms with Crippen LogP contribution in [0.15, 0.2) is 23.2 Å². The monoisotopic (exact) mass is 436 g/mol. The van der Waals surface area contributed by atoms with E-state index in [0.29, 0.717) is 25.7 Å². The highest BCUT2D eigenvalue weighted by Gasteiger charge is 2.21. The molecule has 1 saturated carbocycles. The minimum Gasteiger partial charge on any atom is -0.490 e. The minimum atomic E-state index is -2.83. The van der Waals surface area contributed by atoms with Gasteiger partial charge in [0.15, 0.2) is 15.8 Å². The number of aryl methyl sites for hydroxylation is 1. The van der Waals surface area contributed by atoms with Crippen LogP contribution in [0.5, 0.6) is 5.75 Å². The van der Waals surface area contributed by atoms with Gasteiger partial charge in [-0.25, -0.2) is 13.4 Å². The molecule has 0 aromatic heterocycles. The highest BCUT2D eigenvalue weighted by atomic mass is 32.2. The van der Waals surface area contributed by atoms with Crippen LogP contribution in [0.1, 0.15) is 43.7 Å². The molecule has 168 valence electrons. The Hall–Kier alpha value is -1.80. The van der Waals surface area contributed by atoms with E-state index >= 15 is 0 Å². The lowest BCUT2D eigenvalue weighted by Crippen LogP contribution is -2.45. The number of ether oxygens (including phenoxy) is 1. The number of benzene rings is 1. The number of aliphatic imine (C=N–C) groups is 1. The number of guanidine groups is 1. The summed E-state index contributed by atoms with van der Waals surface area (Å²) in [6.45, 7) is 8.24. The van der Waals surface area contributed by atoms with E-state index in [1.807, 2.05) is 6.92 Å². The Morgan fingerprint density at radius 3 is 2.63 bits per heavy atom. The van der Waals surface area contributed by atoms with E-state index in [1.54, 1.807) is 0 Å². The molecule has 30 heavy (non-hydrogen) atoms. The maximum Gasteiger partial charge on any atom is 0.191 e. The number of hydrogen-bond donors (Lipinski definition) is 2. The van der Waals surface area contributed by atoms with Crippen LogP contribution in [-0.4, -0.2) is 69.6 Å². The minimum absolute atomic E-state index is 0.262. The fourth-order valence-corrected chi connectivity index (χ4v) is 5.18. The Balaban J connectivity index is 1.55. The first-order chi connectivity index (χ1) is 14.4. The number of nitrogens with one attached hydrogen (secondary N) is 2. The Kier molecular flexibility index (Phi) is 8.39. The first-order valence-electron chi connectivity index (χ1n) is 11.2. The van der Waals surface area contributed by atoms with Crippen LogP contribution in [-0.2, 0) is 16.4 Å². The molecule has 0 spiro atoms. The molecule has 1 saturated heterocycles. The second kappa shape index (κ2) is 11.0. The van der Waals surface area contributed by atoms with Gasteiger partial charge < -0.3 is 15.4 Å². The van der Waals surface area contributed by atoms with Gasteiger partial charge in [0.25, 0.3) is 0 Å². The standard InChI is InChI=1S/C22H36N4O3S/c1-3-23-22(24-10-11-26-12-14-30(27,28)15-13-26)25-17-19-9-8-18(2)16-21(19)29-20-6-4-5-7-20/h8-9,16,20H,3-7,10-15,17H2,1-2H3,(H2,23,24,25). The van der Waals surface area contributed by atoms with Crippen molar-refractivity contribution in [1.82, 2.24) is 15.5 Å². The van der Waals surface area contributed by atoms with E-state index in [1.165, 1.54) is 18.4 Å². The molecule has 0 atom stereocenters. The number of rotatable bonds is 8. The molecule has 3 rings (SSSR count). The molecule has 1 heterocycles.